The quantitative estimate of drug-likeness (QED) is 0.714. The summed E-state index contributed by atoms with van der Waals surface area (Å²) in [6.07, 6.45) is 2.34. The Balaban J connectivity index is 1.54. The molecule has 2 aromatic heterocycles. The van der Waals surface area contributed by atoms with Gasteiger partial charge in [0.15, 0.2) is 0 Å². The molecular weight excluding hydrogens is 378 g/mol. The Morgan fingerprint density at radius 1 is 1.21 bits per heavy atom. The normalized spacial score (nSPS) is 21.3. The second-order valence-electron chi connectivity index (χ2n) is 8.39. The molecule has 8 heteroatoms. The largest absolute Gasteiger partial charge is 0.444 e. The molecule has 2 aliphatic heterocycles. The van der Waals surface area contributed by atoms with Gasteiger partial charge >= 0.3 is 6.09 Å². The van der Waals surface area contributed by atoms with Crippen LogP contribution in [-0.2, 0) is 4.74 Å². The molecule has 2 fully saturated rings. The second-order valence-corrected chi connectivity index (χ2v) is 8.78. The first-order chi connectivity index (χ1) is 13.2. The van der Waals surface area contributed by atoms with Crippen molar-refractivity contribution in [1.82, 2.24) is 19.9 Å². The first kappa shape index (κ1) is 18.9. The van der Waals surface area contributed by atoms with Crippen LogP contribution in [0.25, 0.3) is 11.3 Å². The molecule has 2 bridgehead atoms. The molecule has 0 N–H and O–H groups in total. The van der Waals surface area contributed by atoms with E-state index in [-0.39, 0.29) is 18.2 Å². The second kappa shape index (κ2) is 6.88. The van der Waals surface area contributed by atoms with Crippen molar-refractivity contribution in [3.63, 3.8) is 0 Å². The van der Waals surface area contributed by atoms with Crippen LogP contribution < -0.4 is 4.90 Å². The number of aromatic nitrogens is 3. The molecule has 7 nitrogen and oxygen atoms in total. The molecule has 0 aromatic carbocycles. The summed E-state index contributed by atoms with van der Waals surface area (Å²) in [5.74, 6) is 0.694. The lowest BCUT2D eigenvalue weighted by Crippen LogP contribution is -2.50. The molecule has 2 saturated heterocycles. The number of ether oxygens (including phenoxy) is 1. The van der Waals surface area contributed by atoms with E-state index in [1.165, 1.54) is 0 Å². The van der Waals surface area contributed by atoms with Gasteiger partial charge in [-0.2, -0.15) is 0 Å². The summed E-state index contributed by atoms with van der Waals surface area (Å²) in [7, 11) is 0. The zero-order chi connectivity index (χ0) is 20.1. The predicted octanol–water partition coefficient (Wildman–Crippen LogP) is 3.70. The lowest BCUT2D eigenvalue weighted by molar-refractivity contribution is 0.0214. The molecule has 0 spiro atoms. The fraction of sp³-hybridized carbons (Fsp3) is 0.500. The van der Waals surface area contributed by atoms with E-state index in [2.05, 4.69) is 14.9 Å². The number of hydrogen-bond acceptors (Lipinski definition) is 6. The van der Waals surface area contributed by atoms with E-state index in [9.17, 15) is 4.79 Å². The zero-order valence-corrected chi connectivity index (χ0v) is 17.3. The fourth-order valence-electron chi connectivity index (χ4n) is 3.85. The van der Waals surface area contributed by atoms with Crippen molar-refractivity contribution in [3.05, 3.63) is 35.2 Å². The Kier molecular flexibility index (Phi) is 4.65. The number of hydrogen-bond donors (Lipinski definition) is 0. The van der Waals surface area contributed by atoms with Gasteiger partial charge < -0.3 is 14.5 Å². The summed E-state index contributed by atoms with van der Waals surface area (Å²) in [4.78, 5) is 29.9. The predicted molar refractivity (Wildman–Crippen MR) is 107 cm³/mol. The van der Waals surface area contributed by atoms with Crippen molar-refractivity contribution in [2.24, 2.45) is 0 Å². The summed E-state index contributed by atoms with van der Waals surface area (Å²) < 4.78 is 5.54. The number of rotatable bonds is 2. The SMILES string of the molecule is Cc1cc(-c2ccnc(Cl)c2)nc(N2CC3CC2CN3C(=O)OC(C)(C)C)n1. The van der Waals surface area contributed by atoms with E-state index < -0.39 is 5.60 Å². The molecule has 4 heterocycles. The Labute approximate surface area is 169 Å². The number of likely N-dealkylation sites (tertiary alicyclic amines) is 1. The van der Waals surface area contributed by atoms with Crippen LogP contribution in [0.2, 0.25) is 5.15 Å². The van der Waals surface area contributed by atoms with E-state index in [0.717, 1.165) is 23.4 Å². The summed E-state index contributed by atoms with van der Waals surface area (Å²) in [5.41, 5.74) is 2.13. The number of nitrogens with zero attached hydrogens (tertiary/aromatic N) is 5. The minimum atomic E-state index is -0.487. The van der Waals surface area contributed by atoms with Gasteiger partial charge in [-0.15, -0.1) is 0 Å². The van der Waals surface area contributed by atoms with E-state index in [4.69, 9.17) is 21.3 Å². The number of carbonyl (C=O) groups excluding carboxylic acids is 1. The van der Waals surface area contributed by atoms with Gasteiger partial charge in [0.2, 0.25) is 5.95 Å². The number of halogens is 1. The van der Waals surface area contributed by atoms with E-state index in [1.54, 1.807) is 12.3 Å². The standard InChI is InChI=1S/C20H24ClN5O2/c1-12-7-16(13-5-6-22-17(21)8-13)24-18(23-12)25-10-15-9-14(25)11-26(15)19(27)28-20(2,3)4/h5-8,14-15H,9-11H2,1-4H3. The summed E-state index contributed by atoms with van der Waals surface area (Å²) in [6, 6.07) is 5.96. The van der Waals surface area contributed by atoms with Gasteiger partial charge in [0.25, 0.3) is 0 Å². The maximum Gasteiger partial charge on any atom is 0.410 e. The minimum absolute atomic E-state index is 0.128. The highest BCUT2D eigenvalue weighted by Gasteiger charge is 2.47. The van der Waals surface area contributed by atoms with Crippen molar-refractivity contribution in [1.29, 1.82) is 0 Å². The monoisotopic (exact) mass is 401 g/mol. The van der Waals surface area contributed by atoms with Crippen LogP contribution in [0, 0.1) is 6.92 Å². The third-order valence-corrected chi connectivity index (χ3v) is 5.20. The molecule has 4 rings (SSSR count). The fourth-order valence-corrected chi connectivity index (χ4v) is 4.02. The van der Waals surface area contributed by atoms with Crippen LogP contribution in [0.4, 0.5) is 10.7 Å². The Hall–Kier alpha value is -2.41. The molecule has 2 atom stereocenters. The molecule has 0 radical (unpaired) electrons. The third-order valence-electron chi connectivity index (χ3n) is 4.99. The molecule has 0 aliphatic carbocycles. The van der Waals surface area contributed by atoms with E-state index in [1.807, 2.05) is 44.7 Å². The van der Waals surface area contributed by atoms with Gasteiger partial charge in [-0.05, 0) is 52.3 Å². The third kappa shape index (κ3) is 3.76. The summed E-state index contributed by atoms with van der Waals surface area (Å²) >= 11 is 6.03. The lowest BCUT2D eigenvalue weighted by Gasteiger charge is -2.35. The Morgan fingerprint density at radius 2 is 2.00 bits per heavy atom. The Morgan fingerprint density at radius 3 is 2.64 bits per heavy atom. The number of amides is 1. The zero-order valence-electron chi connectivity index (χ0n) is 16.5. The van der Waals surface area contributed by atoms with Crippen molar-refractivity contribution in [2.75, 3.05) is 18.0 Å². The van der Waals surface area contributed by atoms with Crippen molar-refractivity contribution >= 4 is 23.6 Å². The molecule has 2 aromatic rings. The highest BCUT2D eigenvalue weighted by atomic mass is 35.5. The van der Waals surface area contributed by atoms with Crippen molar-refractivity contribution < 1.29 is 9.53 Å². The van der Waals surface area contributed by atoms with Gasteiger partial charge in [-0.1, -0.05) is 11.6 Å². The molecule has 1 amide bonds. The van der Waals surface area contributed by atoms with Gasteiger partial charge in [0.05, 0.1) is 17.8 Å². The average Bonchev–Trinajstić information content (AvgIpc) is 3.20. The first-order valence-corrected chi connectivity index (χ1v) is 9.81. The molecule has 2 aliphatic rings. The van der Waals surface area contributed by atoms with Crippen LogP contribution in [-0.4, -0.2) is 56.7 Å². The lowest BCUT2D eigenvalue weighted by atomic mass is 10.2. The van der Waals surface area contributed by atoms with Crippen molar-refractivity contribution in [3.8, 4) is 11.3 Å². The van der Waals surface area contributed by atoms with Gasteiger partial charge in [0.1, 0.15) is 10.8 Å². The maximum absolute atomic E-state index is 12.5. The molecule has 148 valence electrons. The number of carbonyl (C=O) groups is 1. The highest BCUT2D eigenvalue weighted by molar-refractivity contribution is 6.29. The van der Waals surface area contributed by atoms with Crippen LogP contribution in [0.5, 0.6) is 0 Å². The van der Waals surface area contributed by atoms with Gasteiger partial charge in [0, 0.05) is 30.5 Å². The van der Waals surface area contributed by atoms with Crippen LogP contribution >= 0.6 is 11.6 Å². The Bertz CT molecular complexity index is 914. The number of aryl methyl sites for hydroxylation is 1. The van der Waals surface area contributed by atoms with Crippen LogP contribution in [0.1, 0.15) is 32.9 Å². The van der Waals surface area contributed by atoms with Crippen LogP contribution in [0.3, 0.4) is 0 Å². The number of fused-ring (bicyclic) bond motifs is 2. The smallest absolute Gasteiger partial charge is 0.410 e. The highest BCUT2D eigenvalue weighted by Crippen LogP contribution is 2.35. The van der Waals surface area contributed by atoms with E-state index in [0.29, 0.717) is 24.2 Å². The number of anilines is 1. The average molecular weight is 402 g/mol. The van der Waals surface area contributed by atoms with E-state index >= 15 is 0 Å². The summed E-state index contributed by atoms with van der Waals surface area (Å²) in [5, 5.41) is 0.434. The van der Waals surface area contributed by atoms with Gasteiger partial charge in [-0.3, -0.25) is 0 Å². The minimum Gasteiger partial charge on any atom is -0.444 e. The van der Waals surface area contributed by atoms with Gasteiger partial charge in [-0.25, -0.2) is 19.7 Å². The molecule has 28 heavy (non-hydrogen) atoms. The molecule has 0 saturated carbocycles. The topological polar surface area (TPSA) is 71.5 Å². The number of piperazine rings is 1. The molecule has 2 unspecified atom stereocenters. The number of pyridine rings is 1. The molecular formula is C20H24ClN5O2. The van der Waals surface area contributed by atoms with Crippen molar-refractivity contribution in [2.45, 2.75) is 51.8 Å². The first-order valence-electron chi connectivity index (χ1n) is 9.43. The van der Waals surface area contributed by atoms with Crippen LogP contribution in [0.15, 0.2) is 24.4 Å². The summed E-state index contributed by atoms with van der Waals surface area (Å²) in [6.45, 7) is 8.97. The maximum atomic E-state index is 12.5.